The summed E-state index contributed by atoms with van der Waals surface area (Å²) in [5.74, 6) is 2.20. The lowest BCUT2D eigenvalue weighted by Gasteiger charge is -2.12. The Bertz CT molecular complexity index is 858. The molecule has 1 amide bonds. The van der Waals surface area contributed by atoms with E-state index in [2.05, 4.69) is 10.4 Å². The summed E-state index contributed by atoms with van der Waals surface area (Å²) in [7, 11) is -0.941. The molecule has 1 saturated carbocycles. The molecule has 1 N–H and O–H groups in total. The molecule has 0 radical (unpaired) electrons. The van der Waals surface area contributed by atoms with Gasteiger partial charge in [0.25, 0.3) is 0 Å². The Morgan fingerprint density at radius 3 is 2.88 bits per heavy atom. The van der Waals surface area contributed by atoms with Crippen molar-refractivity contribution in [2.75, 3.05) is 5.32 Å². The Balaban J connectivity index is 1.57. The first-order chi connectivity index (χ1) is 12.6. The molecule has 1 aromatic heterocycles. The summed E-state index contributed by atoms with van der Waals surface area (Å²) in [5.41, 5.74) is 2.48. The molecule has 1 atom stereocenters. The number of halogens is 1. The van der Waals surface area contributed by atoms with Gasteiger partial charge in [-0.1, -0.05) is 43.4 Å². The van der Waals surface area contributed by atoms with Gasteiger partial charge in [0.15, 0.2) is 0 Å². The van der Waals surface area contributed by atoms with Crippen LogP contribution < -0.4 is 5.32 Å². The summed E-state index contributed by atoms with van der Waals surface area (Å²) < 4.78 is 13.7. The Kier molecular flexibility index (Phi) is 5.14. The fourth-order valence-corrected chi connectivity index (χ4v) is 5.33. The van der Waals surface area contributed by atoms with E-state index < -0.39 is 10.8 Å². The van der Waals surface area contributed by atoms with Gasteiger partial charge in [-0.15, -0.1) is 0 Å². The largest absolute Gasteiger partial charge is 0.310 e. The second-order valence-corrected chi connectivity index (χ2v) is 9.02. The van der Waals surface area contributed by atoms with Crippen molar-refractivity contribution in [3.8, 4) is 5.69 Å². The zero-order chi connectivity index (χ0) is 18.1. The fourth-order valence-electron chi connectivity index (χ4n) is 3.88. The van der Waals surface area contributed by atoms with Gasteiger partial charge in [0.1, 0.15) is 5.82 Å². The van der Waals surface area contributed by atoms with Crippen molar-refractivity contribution in [1.29, 1.82) is 0 Å². The first-order valence-electron chi connectivity index (χ1n) is 9.11. The predicted molar refractivity (Wildman–Crippen MR) is 104 cm³/mol. The number of benzene rings is 1. The standard InChI is InChI=1S/C19H22ClN3O2S/c20-14-6-3-7-15(10-14)23-19(16-11-26(25)12-17(16)22-23)21-18(24)9-8-13-4-1-2-5-13/h3,6-7,10,13H,1-2,4-5,8-9,11-12H2,(H,21,24)/t26-/m0/s1. The van der Waals surface area contributed by atoms with Gasteiger partial charge in [-0.2, -0.15) is 5.10 Å². The number of rotatable bonds is 5. The van der Waals surface area contributed by atoms with Gasteiger partial charge in [-0.25, -0.2) is 4.68 Å². The Labute approximate surface area is 160 Å². The molecule has 1 aromatic carbocycles. The molecule has 0 spiro atoms. The maximum atomic E-state index is 12.5. The van der Waals surface area contributed by atoms with Crippen molar-refractivity contribution < 1.29 is 9.00 Å². The van der Waals surface area contributed by atoms with Crippen LogP contribution >= 0.6 is 11.6 Å². The third-order valence-corrected chi connectivity index (χ3v) is 6.68. The van der Waals surface area contributed by atoms with Gasteiger partial charge in [-0.05, 0) is 30.5 Å². The molecular formula is C19H22ClN3O2S. The average Bonchev–Trinajstić information content (AvgIpc) is 3.31. The van der Waals surface area contributed by atoms with E-state index in [1.807, 2.05) is 18.2 Å². The van der Waals surface area contributed by atoms with E-state index in [4.69, 9.17) is 11.6 Å². The normalized spacial score (nSPS) is 19.7. The van der Waals surface area contributed by atoms with Crippen molar-refractivity contribution in [1.82, 2.24) is 9.78 Å². The first kappa shape index (κ1) is 17.7. The number of amides is 1. The third-order valence-electron chi connectivity index (χ3n) is 5.23. The smallest absolute Gasteiger partial charge is 0.225 e. The highest BCUT2D eigenvalue weighted by Gasteiger charge is 2.28. The zero-order valence-electron chi connectivity index (χ0n) is 14.5. The molecule has 5 nitrogen and oxygen atoms in total. The average molecular weight is 392 g/mol. The Hall–Kier alpha value is -1.66. The van der Waals surface area contributed by atoms with Crippen LogP contribution in [-0.4, -0.2) is 19.9 Å². The third kappa shape index (κ3) is 3.71. The molecule has 7 heteroatoms. The molecular weight excluding hydrogens is 370 g/mol. The van der Waals surface area contributed by atoms with E-state index in [1.54, 1.807) is 10.7 Å². The van der Waals surface area contributed by atoms with Crippen LogP contribution in [0.5, 0.6) is 0 Å². The number of hydrogen-bond acceptors (Lipinski definition) is 3. The molecule has 26 heavy (non-hydrogen) atoms. The summed E-state index contributed by atoms with van der Waals surface area (Å²) in [5, 5.41) is 8.24. The molecule has 1 aliphatic heterocycles. The molecule has 1 fully saturated rings. The van der Waals surface area contributed by atoms with Crippen LogP contribution in [0.2, 0.25) is 5.02 Å². The maximum absolute atomic E-state index is 12.5. The van der Waals surface area contributed by atoms with Gasteiger partial charge < -0.3 is 5.32 Å². The molecule has 2 aliphatic rings. The number of fused-ring (bicyclic) bond motifs is 1. The summed E-state index contributed by atoms with van der Waals surface area (Å²) in [4.78, 5) is 12.5. The predicted octanol–water partition coefficient (Wildman–Crippen LogP) is 4.20. The van der Waals surface area contributed by atoms with Crippen LogP contribution in [0.25, 0.3) is 5.69 Å². The molecule has 138 valence electrons. The molecule has 1 aliphatic carbocycles. The summed E-state index contributed by atoms with van der Waals surface area (Å²) in [6.07, 6.45) is 6.50. The van der Waals surface area contributed by atoms with Crippen LogP contribution in [0, 0.1) is 5.92 Å². The Morgan fingerprint density at radius 2 is 2.12 bits per heavy atom. The minimum absolute atomic E-state index is 0.000519. The molecule has 0 saturated heterocycles. The first-order valence-corrected chi connectivity index (χ1v) is 11.0. The van der Waals surface area contributed by atoms with Crippen LogP contribution in [0.15, 0.2) is 24.3 Å². The zero-order valence-corrected chi connectivity index (χ0v) is 16.1. The lowest BCUT2D eigenvalue weighted by atomic mass is 10.0. The lowest BCUT2D eigenvalue weighted by Crippen LogP contribution is -2.17. The second-order valence-electron chi connectivity index (χ2n) is 7.13. The monoisotopic (exact) mass is 391 g/mol. The highest BCUT2D eigenvalue weighted by molar-refractivity contribution is 7.83. The quantitative estimate of drug-likeness (QED) is 0.830. The summed E-state index contributed by atoms with van der Waals surface area (Å²) in [6, 6.07) is 7.37. The summed E-state index contributed by atoms with van der Waals surface area (Å²) >= 11 is 6.12. The molecule has 2 heterocycles. The highest BCUT2D eigenvalue weighted by Crippen LogP contribution is 2.33. The molecule has 0 unspecified atom stereocenters. The number of nitrogens with one attached hydrogen (secondary N) is 1. The van der Waals surface area contributed by atoms with Gasteiger partial charge in [0, 0.05) is 27.8 Å². The van der Waals surface area contributed by atoms with E-state index in [-0.39, 0.29) is 5.91 Å². The Morgan fingerprint density at radius 1 is 1.31 bits per heavy atom. The van der Waals surface area contributed by atoms with E-state index in [0.717, 1.165) is 23.4 Å². The van der Waals surface area contributed by atoms with E-state index in [1.165, 1.54) is 25.7 Å². The lowest BCUT2D eigenvalue weighted by molar-refractivity contribution is -0.116. The minimum atomic E-state index is -0.941. The SMILES string of the molecule is O=C(CCC1CCCC1)Nc1c2c(nn1-c1cccc(Cl)c1)C[S@@](=O)C2. The van der Waals surface area contributed by atoms with Crippen LogP contribution in [0.1, 0.15) is 49.8 Å². The number of anilines is 1. The molecule has 0 bridgehead atoms. The number of hydrogen-bond donors (Lipinski definition) is 1. The van der Waals surface area contributed by atoms with E-state index >= 15 is 0 Å². The number of carbonyl (C=O) groups excluding carboxylic acids is 1. The van der Waals surface area contributed by atoms with Crippen LogP contribution in [0.3, 0.4) is 0 Å². The van der Waals surface area contributed by atoms with E-state index in [9.17, 15) is 9.00 Å². The fraction of sp³-hybridized carbons (Fsp3) is 0.474. The van der Waals surface area contributed by atoms with Crippen molar-refractivity contribution >= 4 is 34.1 Å². The number of carbonyl (C=O) groups is 1. The maximum Gasteiger partial charge on any atom is 0.225 e. The van der Waals surface area contributed by atoms with Crippen molar-refractivity contribution in [3.05, 3.63) is 40.5 Å². The summed E-state index contributed by atoms with van der Waals surface area (Å²) in [6.45, 7) is 0. The topological polar surface area (TPSA) is 64.0 Å². The van der Waals surface area contributed by atoms with Crippen molar-refractivity contribution in [3.63, 3.8) is 0 Å². The minimum Gasteiger partial charge on any atom is -0.310 e. The van der Waals surface area contributed by atoms with Gasteiger partial charge in [-0.3, -0.25) is 9.00 Å². The van der Waals surface area contributed by atoms with Crippen molar-refractivity contribution in [2.45, 2.75) is 50.0 Å². The number of nitrogens with zero attached hydrogens (tertiary/aromatic N) is 2. The van der Waals surface area contributed by atoms with Gasteiger partial charge in [0.05, 0.1) is 22.9 Å². The van der Waals surface area contributed by atoms with E-state index in [0.29, 0.717) is 34.7 Å². The van der Waals surface area contributed by atoms with Crippen LogP contribution in [-0.2, 0) is 27.1 Å². The van der Waals surface area contributed by atoms with Gasteiger partial charge in [0.2, 0.25) is 5.91 Å². The van der Waals surface area contributed by atoms with Crippen molar-refractivity contribution in [2.24, 2.45) is 5.92 Å². The van der Waals surface area contributed by atoms with Crippen LogP contribution in [0.4, 0.5) is 5.82 Å². The second kappa shape index (κ2) is 7.53. The molecule has 4 rings (SSSR count). The molecule has 2 aromatic rings. The highest BCUT2D eigenvalue weighted by atomic mass is 35.5. The number of aromatic nitrogens is 2. The van der Waals surface area contributed by atoms with Gasteiger partial charge >= 0.3 is 0 Å².